The number of hydrogen-bond acceptors (Lipinski definition) is 5. The zero-order valence-corrected chi connectivity index (χ0v) is 16.0. The number of rotatable bonds is 7. The summed E-state index contributed by atoms with van der Waals surface area (Å²) >= 11 is 0. The van der Waals surface area contributed by atoms with Crippen LogP contribution in [0.2, 0.25) is 0 Å². The summed E-state index contributed by atoms with van der Waals surface area (Å²) < 4.78 is 45.4. The summed E-state index contributed by atoms with van der Waals surface area (Å²) in [4.78, 5) is 12.4. The molecule has 1 aromatic heterocycles. The Bertz CT molecular complexity index is 1120. The smallest absolute Gasteiger partial charge is 0.305 e. The molecule has 9 heteroatoms. The first kappa shape index (κ1) is 19.2. The zero-order valence-electron chi connectivity index (χ0n) is 15.2. The molecule has 0 atom stereocenters. The molecule has 0 aliphatic heterocycles. The van der Waals surface area contributed by atoms with Crippen molar-refractivity contribution in [2.45, 2.75) is 23.8 Å². The van der Waals surface area contributed by atoms with E-state index in [1.807, 2.05) is 0 Å². The SMILES string of the molecule is O=C(NNc1ccc(S(=O)(=O)NC2CC2)cc1)c1ccc(-c2ccc(F)cc2)o1. The number of amides is 1. The lowest BCUT2D eigenvalue weighted by Gasteiger charge is -2.09. The van der Waals surface area contributed by atoms with Gasteiger partial charge >= 0.3 is 5.91 Å². The second kappa shape index (κ2) is 7.69. The highest BCUT2D eigenvalue weighted by molar-refractivity contribution is 7.89. The minimum atomic E-state index is -3.52. The van der Waals surface area contributed by atoms with E-state index in [0.717, 1.165) is 12.8 Å². The molecule has 7 nitrogen and oxygen atoms in total. The molecule has 0 spiro atoms. The second-order valence-electron chi connectivity index (χ2n) is 6.67. The molecule has 0 radical (unpaired) electrons. The van der Waals surface area contributed by atoms with Crippen LogP contribution < -0.4 is 15.6 Å². The standard InChI is InChI=1S/C20H18FN3O4S/c21-14-3-1-13(2-4-14)18-11-12-19(28-18)20(25)23-22-15-7-9-17(10-8-15)29(26,27)24-16-5-6-16/h1-4,7-12,16,22,24H,5-6H2,(H,23,25). The van der Waals surface area contributed by atoms with Crippen molar-refractivity contribution in [2.75, 3.05) is 5.43 Å². The summed E-state index contributed by atoms with van der Waals surface area (Å²) in [5, 5.41) is 0. The van der Waals surface area contributed by atoms with Gasteiger partial charge in [0.2, 0.25) is 10.0 Å². The van der Waals surface area contributed by atoms with E-state index in [9.17, 15) is 17.6 Å². The second-order valence-corrected chi connectivity index (χ2v) is 8.38. The molecule has 0 saturated heterocycles. The van der Waals surface area contributed by atoms with Crippen LogP contribution in [0.25, 0.3) is 11.3 Å². The summed E-state index contributed by atoms with van der Waals surface area (Å²) in [5.74, 6) is -0.354. The number of anilines is 1. The Morgan fingerprint density at radius 2 is 1.66 bits per heavy atom. The largest absolute Gasteiger partial charge is 0.451 e. The van der Waals surface area contributed by atoms with Crippen molar-refractivity contribution in [3.8, 4) is 11.3 Å². The van der Waals surface area contributed by atoms with E-state index >= 15 is 0 Å². The van der Waals surface area contributed by atoms with Gasteiger partial charge in [0.05, 0.1) is 10.6 Å². The fourth-order valence-electron chi connectivity index (χ4n) is 2.63. The Balaban J connectivity index is 1.36. The van der Waals surface area contributed by atoms with Crippen LogP contribution in [0.4, 0.5) is 10.1 Å². The molecule has 3 aromatic rings. The third kappa shape index (κ3) is 4.64. The number of sulfonamides is 1. The third-order valence-corrected chi connectivity index (χ3v) is 5.88. The van der Waals surface area contributed by atoms with Crippen LogP contribution in [0.5, 0.6) is 0 Å². The van der Waals surface area contributed by atoms with Crippen molar-refractivity contribution in [2.24, 2.45) is 0 Å². The van der Waals surface area contributed by atoms with Gasteiger partial charge in [0.15, 0.2) is 5.76 Å². The highest BCUT2D eigenvalue weighted by Gasteiger charge is 2.27. The summed E-state index contributed by atoms with van der Waals surface area (Å²) in [5.41, 5.74) is 6.35. The average molecular weight is 415 g/mol. The predicted molar refractivity (Wildman–Crippen MR) is 105 cm³/mol. The average Bonchev–Trinajstić information content (AvgIpc) is 3.37. The maximum atomic E-state index is 13.0. The molecule has 3 N–H and O–H groups in total. The van der Waals surface area contributed by atoms with Gasteiger partial charge in [-0.1, -0.05) is 0 Å². The van der Waals surface area contributed by atoms with Crippen LogP contribution in [0, 0.1) is 5.82 Å². The number of hydrogen-bond donors (Lipinski definition) is 3. The molecule has 2 aromatic carbocycles. The Morgan fingerprint density at radius 1 is 0.966 bits per heavy atom. The van der Waals surface area contributed by atoms with Crippen LogP contribution in [0.1, 0.15) is 23.4 Å². The van der Waals surface area contributed by atoms with E-state index in [-0.39, 0.29) is 22.5 Å². The zero-order chi connectivity index (χ0) is 20.4. The van der Waals surface area contributed by atoms with E-state index in [1.165, 1.54) is 30.3 Å². The van der Waals surface area contributed by atoms with E-state index in [1.54, 1.807) is 30.3 Å². The van der Waals surface area contributed by atoms with Crippen molar-refractivity contribution in [1.82, 2.24) is 10.1 Å². The van der Waals surface area contributed by atoms with Crippen molar-refractivity contribution in [3.05, 3.63) is 72.2 Å². The number of carbonyl (C=O) groups excluding carboxylic acids is 1. The van der Waals surface area contributed by atoms with E-state index < -0.39 is 15.9 Å². The Morgan fingerprint density at radius 3 is 2.31 bits per heavy atom. The minimum absolute atomic E-state index is 0.0326. The van der Waals surface area contributed by atoms with Crippen LogP contribution in [-0.4, -0.2) is 20.4 Å². The lowest BCUT2D eigenvalue weighted by molar-refractivity contribution is 0.0936. The number of benzene rings is 2. The lowest BCUT2D eigenvalue weighted by Crippen LogP contribution is -2.29. The molecule has 1 amide bonds. The van der Waals surface area contributed by atoms with E-state index in [2.05, 4.69) is 15.6 Å². The van der Waals surface area contributed by atoms with E-state index in [0.29, 0.717) is 17.0 Å². The minimum Gasteiger partial charge on any atom is -0.451 e. The van der Waals surface area contributed by atoms with Gasteiger partial charge in [0.25, 0.3) is 0 Å². The highest BCUT2D eigenvalue weighted by atomic mass is 32.2. The quantitative estimate of drug-likeness (QED) is 0.514. The molecule has 0 unspecified atom stereocenters. The first-order valence-corrected chi connectivity index (χ1v) is 10.4. The monoisotopic (exact) mass is 415 g/mol. The summed E-state index contributed by atoms with van der Waals surface area (Å²) in [6, 6.07) is 14.9. The molecule has 1 fully saturated rings. The molecule has 1 saturated carbocycles. The number of carbonyl (C=O) groups is 1. The summed E-state index contributed by atoms with van der Waals surface area (Å²) in [7, 11) is -3.52. The van der Waals surface area contributed by atoms with Gasteiger partial charge in [-0.25, -0.2) is 17.5 Å². The third-order valence-electron chi connectivity index (χ3n) is 4.34. The van der Waals surface area contributed by atoms with Crippen molar-refractivity contribution in [3.63, 3.8) is 0 Å². The molecule has 29 heavy (non-hydrogen) atoms. The Hall–Kier alpha value is -3.17. The van der Waals surface area contributed by atoms with Crippen LogP contribution in [0.15, 0.2) is 70.0 Å². The maximum Gasteiger partial charge on any atom is 0.305 e. The molecular weight excluding hydrogens is 397 g/mol. The topological polar surface area (TPSA) is 100 Å². The first-order valence-electron chi connectivity index (χ1n) is 8.95. The van der Waals surface area contributed by atoms with Crippen molar-refractivity contribution >= 4 is 21.6 Å². The van der Waals surface area contributed by atoms with Crippen molar-refractivity contribution < 1.29 is 22.0 Å². The van der Waals surface area contributed by atoms with Gasteiger partial charge in [-0.05, 0) is 73.5 Å². The maximum absolute atomic E-state index is 13.0. The summed E-state index contributed by atoms with van der Waals surface area (Å²) in [6.07, 6.45) is 1.72. The molecule has 150 valence electrons. The van der Waals surface area contributed by atoms with Gasteiger partial charge in [-0.2, -0.15) is 0 Å². The molecule has 1 aliphatic carbocycles. The number of furan rings is 1. The summed E-state index contributed by atoms with van der Waals surface area (Å²) in [6.45, 7) is 0. The molecular formula is C20H18FN3O4S. The van der Waals surface area contributed by atoms with Crippen LogP contribution >= 0.6 is 0 Å². The lowest BCUT2D eigenvalue weighted by atomic mass is 10.2. The fraction of sp³-hybridized carbons (Fsp3) is 0.150. The van der Waals surface area contributed by atoms with Gasteiger partial charge in [0, 0.05) is 11.6 Å². The highest BCUT2D eigenvalue weighted by Crippen LogP contribution is 2.23. The fourth-order valence-corrected chi connectivity index (χ4v) is 3.93. The first-order chi connectivity index (χ1) is 13.9. The molecule has 1 aliphatic rings. The molecule has 1 heterocycles. The Labute approximate surface area is 167 Å². The normalized spacial score (nSPS) is 13.8. The number of hydrazine groups is 1. The molecule has 0 bridgehead atoms. The predicted octanol–water partition coefficient (Wildman–Crippen LogP) is 3.28. The van der Waals surface area contributed by atoms with Gasteiger partial charge in [0.1, 0.15) is 11.6 Å². The number of halogens is 1. The Kier molecular flexibility index (Phi) is 5.08. The van der Waals surface area contributed by atoms with Crippen molar-refractivity contribution in [1.29, 1.82) is 0 Å². The number of nitrogens with one attached hydrogen (secondary N) is 3. The van der Waals surface area contributed by atoms with Gasteiger partial charge in [-0.15, -0.1) is 0 Å². The van der Waals surface area contributed by atoms with Gasteiger partial charge in [-0.3, -0.25) is 15.6 Å². The molecule has 4 rings (SSSR count). The van der Waals surface area contributed by atoms with E-state index in [4.69, 9.17) is 4.42 Å². The van der Waals surface area contributed by atoms with Crippen LogP contribution in [-0.2, 0) is 10.0 Å². The van der Waals surface area contributed by atoms with Crippen LogP contribution in [0.3, 0.4) is 0 Å². The van der Waals surface area contributed by atoms with Gasteiger partial charge < -0.3 is 4.42 Å².